The number of ether oxygens (including phenoxy) is 2. The number of hydrogen-bond acceptors (Lipinski definition) is 10. The van der Waals surface area contributed by atoms with E-state index in [2.05, 4.69) is 20.1 Å². The van der Waals surface area contributed by atoms with Gasteiger partial charge >= 0.3 is 17.5 Å². The Morgan fingerprint density at radius 2 is 1.97 bits per heavy atom. The fourth-order valence-electron chi connectivity index (χ4n) is 4.12. The van der Waals surface area contributed by atoms with Crippen molar-refractivity contribution in [1.82, 2.24) is 24.7 Å². The van der Waals surface area contributed by atoms with Crippen LogP contribution in [0.4, 0.5) is 11.5 Å². The van der Waals surface area contributed by atoms with E-state index in [1.165, 1.54) is 6.33 Å². The second-order valence-corrected chi connectivity index (χ2v) is 7.93. The van der Waals surface area contributed by atoms with Crippen LogP contribution < -0.4 is 9.64 Å². The molecule has 1 saturated heterocycles. The number of anilines is 1. The minimum absolute atomic E-state index is 0.151. The molecule has 1 fully saturated rings. The number of carbonyl (C=O) groups is 1. The zero-order chi connectivity index (χ0) is 23.7. The van der Waals surface area contributed by atoms with Gasteiger partial charge in [-0.15, -0.1) is 5.10 Å². The minimum Gasteiger partial charge on any atom is -0.466 e. The van der Waals surface area contributed by atoms with E-state index in [0.29, 0.717) is 43.6 Å². The van der Waals surface area contributed by atoms with Gasteiger partial charge in [-0.1, -0.05) is 0 Å². The molecule has 1 aliphatic rings. The molecule has 0 aliphatic carbocycles. The number of nitrogens with zero attached hydrogens (tertiary/aromatic N) is 7. The first-order valence-electron chi connectivity index (χ1n) is 10.7. The van der Waals surface area contributed by atoms with Crippen LogP contribution in [0.15, 0.2) is 12.4 Å². The van der Waals surface area contributed by atoms with E-state index in [9.17, 15) is 14.9 Å². The average Bonchev–Trinajstić information content (AvgIpc) is 3.08. The number of fused-ring (bicyclic) bond motifs is 1. The van der Waals surface area contributed by atoms with Gasteiger partial charge in [-0.2, -0.15) is 4.98 Å². The Bertz CT molecular complexity index is 1220. The number of carbonyl (C=O) groups excluding carboxylic acids is 1. The van der Waals surface area contributed by atoms with Crippen molar-refractivity contribution in [2.45, 2.75) is 33.6 Å². The van der Waals surface area contributed by atoms with Crippen molar-refractivity contribution in [1.29, 1.82) is 0 Å². The molecule has 0 radical (unpaired) electrons. The van der Waals surface area contributed by atoms with Crippen molar-refractivity contribution in [3.8, 4) is 11.8 Å². The van der Waals surface area contributed by atoms with E-state index in [0.717, 1.165) is 11.3 Å². The summed E-state index contributed by atoms with van der Waals surface area (Å²) in [5, 5.41) is 17.0. The van der Waals surface area contributed by atoms with E-state index in [1.54, 1.807) is 23.6 Å². The Morgan fingerprint density at radius 3 is 2.64 bits per heavy atom. The number of nitro groups is 1. The molecule has 0 amide bonds. The Hall–Kier alpha value is -3.83. The zero-order valence-electron chi connectivity index (χ0n) is 18.9. The summed E-state index contributed by atoms with van der Waals surface area (Å²) >= 11 is 0. The van der Waals surface area contributed by atoms with E-state index < -0.39 is 4.92 Å². The summed E-state index contributed by atoms with van der Waals surface area (Å²) in [5.41, 5.74) is 1.98. The monoisotopic (exact) mass is 455 g/mol. The highest BCUT2D eigenvalue weighted by Crippen LogP contribution is 2.39. The standard InChI is InChI=1S/C21H25N7O5/c1-5-32-21(29)14-6-8-27(9-7-14)18-16(28(30)31)20(23-11-22-18)33-19-15-12(2)10-13(3)24-17(15)26(4)25-19/h10-11,14H,5-9H2,1-4H3. The molecule has 12 nitrogen and oxygen atoms in total. The van der Waals surface area contributed by atoms with Gasteiger partial charge in [0.15, 0.2) is 5.65 Å². The molecule has 174 valence electrons. The van der Waals surface area contributed by atoms with Crippen molar-refractivity contribution in [3.05, 3.63) is 33.8 Å². The van der Waals surface area contributed by atoms with Crippen LogP contribution in [-0.2, 0) is 16.6 Å². The van der Waals surface area contributed by atoms with Crippen LogP contribution in [-0.4, -0.2) is 55.3 Å². The van der Waals surface area contributed by atoms with Crippen LogP contribution in [0.2, 0.25) is 0 Å². The lowest BCUT2D eigenvalue weighted by molar-refractivity contribution is -0.385. The molecular formula is C21H25N7O5. The van der Waals surface area contributed by atoms with Crippen LogP contribution in [0.25, 0.3) is 11.0 Å². The lowest BCUT2D eigenvalue weighted by Crippen LogP contribution is -2.37. The van der Waals surface area contributed by atoms with Gasteiger partial charge in [0.1, 0.15) is 6.33 Å². The van der Waals surface area contributed by atoms with Gasteiger partial charge in [0.2, 0.25) is 11.7 Å². The Labute approximate surface area is 189 Å². The first kappa shape index (κ1) is 22.4. The quantitative estimate of drug-likeness (QED) is 0.310. The summed E-state index contributed by atoms with van der Waals surface area (Å²) in [7, 11) is 1.73. The highest BCUT2D eigenvalue weighted by atomic mass is 16.6. The molecular weight excluding hydrogens is 430 g/mol. The summed E-state index contributed by atoms with van der Waals surface area (Å²) in [5.74, 6) is -0.321. The number of rotatable bonds is 6. The molecule has 4 heterocycles. The molecule has 0 atom stereocenters. The molecule has 0 spiro atoms. The predicted octanol–water partition coefficient (Wildman–Crippen LogP) is 2.86. The fourth-order valence-corrected chi connectivity index (χ4v) is 4.12. The lowest BCUT2D eigenvalue weighted by Gasteiger charge is -2.31. The largest absolute Gasteiger partial charge is 0.466 e. The zero-order valence-corrected chi connectivity index (χ0v) is 18.9. The average molecular weight is 455 g/mol. The third kappa shape index (κ3) is 4.28. The first-order valence-corrected chi connectivity index (χ1v) is 10.7. The fraction of sp³-hybridized carbons (Fsp3) is 0.476. The van der Waals surface area contributed by atoms with Gasteiger partial charge in [-0.3, -0.25) is 14.9 Å². The molecule has 1 aliphatic heterocycles. The third-order valence-corrected chi connectivity index (χ3v) is 5.65. The molecule has 12 heteroatoms. The maximum atomic E-state index is 12.0. The highest BCUT2D eigenvalue weighted by molar-refractivity contribution is 5.85. The molecule has 33 heavy (non-hydrogen) atoms. The number of aryl methyl sites for hydroxylation is 3. The van der Waals surface area contributed by atoms with Crippen molar-refractivity contribution in [3.63, 3.8) is 0 Å². The van der Waals surface area contributed by atoms with Gasteiger partial charge in [0, 0.05) is 25.8 Å². The van der Waals surface area contributed by atoms with E-state index in [-0.39, 0.29) is 35.2 Å². The maximum absolute atomic E-state index is 12.0. The molecule has 0 N–H and O–H groups in total. The smallest absolute Gasteiger partial charge is 0.373 e. The first-order chi connectivity index (χ1) is 15.8. The Morgan fingerprint density at radius 1 is 1.24 bits per heavy atom. The molecule has 0 bridgehead atoms. The van der Waals surface area contributed by atoms with Crippen molar-refractivity contribution in [2.24, 2.45) is 13.0 Å². The topological polar surface area (TPSA) is 138 Å². The van der Waals surface area contributed by atoms with Gasteiger partial charge in [0.25, 0.3) is 0 Å². The van der Waals surface area contributed by atoms with E-state index in [1.807, 2.05) is 19.9 Å². The molecule has 0 saturated carbocycles. The second kappa shape index (κ2) is 8.96. The third-order valence-electron chi connectivity index (χ3n) is 5.65. The van der Waals surface area contributed by atoms with Crippen LogP contribution in [0, 0.1) is 29.9 Å². The van der Waals surface area contributed by atoms with Crippen LogP contribution in [0.1, 0.15) is 31.0 Å². The number of esters is 1. The van der Waals surface area contributed by atoms with Gasteiger partial charge < -0.3 is 14.4 Å². The van der Waals surface area contributed by atoms with Crippen molar-refractivity contribution >= 4 is 28.5 Å². The maximum Gasteiger partial charge on any atom is 0.373 e. The molecule has 3 aromatic heterocycles. The van der Waals surface area contributed by atoms with Crippen molar-refractivity contribution in [2.75, 3.05) is 24.6 Å². The number of aromatic nitrogens is 5. The van der Waals surface area contributed by atoms with Crippen LogP contribution in [0.5, 0.6) is 11.8 Å². The van der Waals surface area contributed by atoms with Crippen LogP contribution >= 0.6 is 0 Å². The summed E-state index contributed by atoms with van der Waals surface area (Å²) in [4.78, 5) is 38.0. The SMILES string of the molecule is CCOC(=O)C1CCN(c2ncnc(Oc3nn(C)c4nc(C)cc(C)c34)c2[N+](=O)[O-])CC1. The number of pyridine rings is 1. The summed E-state index contributed by atoms with van der Waals surface area (Å²) in [6, 6.07) is 1.89. The van der Waals surface area contributed by atoms with Crippen LogP contribution in [0.3, 0.4) is 0 Å². The molecule has 0 unspecified atom stereocenters. The minimum atomic E-state index is -0.553. The number of hydrogen-bond donors (Lipinski definition) is 0. The molecule has 3 aromatic rings. The number of piperidine rings is 1. The Balaban J connectivity index is 1.66. The summed E-state index contributed by atoms with van der Waals surface area (Å²) in [6.07, 6.45) is 2.27. The normalized spacial score (nSPS) is 14.5. The Kier molecular flexibility index (Phi) is 6.07. The second-order valence-electron chi connectivity index (χ2n) is 7.93. The predicted molar refractivity (Wildman–Crippen MR) is 118 cm³/mol. The summed E-state index contributed by atoms with van der Waals surface area (Å²) in [6.45, 7) is 6.73. The van der Waals surface area contributed by atoms with E-state index in [4.69, 9.17) is 9.47 Å². The molecule has 0 aromatic carbocycles. The van der Waals surface area contributed by atoms with Gasteiger partial charge in [0.05, 0.1) is 22.8 Å². The highest BCUT2D eigenvalue weighted by Gasteiger charge is 2.33. The van der Waals surface area contributed by atoms with E-state index >= 15 is 0 Å². The summed E-state index contributed by atoms with van der Waals surface area (Å²) < 4.78 is 12.5. The molecule has 4 rings (SSSR count). The van der Waals surface area contributed by atoms with Gasteiger partial charge in [-0.05, 0) is 45.2 Å². The van der Waals surface area contributed by atoms with Crippen molar-refractivity contribution < 1.29 is 19.2 Å². The lowest BCUT2D eigenvalue weighted by atomic mass is 9.97. The van der Waals surface area contributed by atoms with Gasteiger partial charge in [-0.25, -0.2) is 14.6 Å².